The molecule has 16 heavy (non-hydrogen) atoms. The third-order valence-corrected chi connectivity index (χ3v) is 5.13. The number of thioether (sulfide) groups is 1. The quantitative estimate of drug-likeness (QED) is 0.905. The Balaban J connectivity index is 1.98. The molecule has 1 fully saturated rings. The first kappa shape index (κ1) is 12.5. The van der Waals surface area contributed by atoms with Crippen LogP contribution in [0.15, 0.2) is 28.7 Å². The molecule has 0 radical (unpaired) electrons. The van der Waals surface area contributed by atoms with Crippen molar-refractivity contribution in [2.75, 3.05) is 5.75 Å². The molecule has 3 heteroatoms. The van der Waals surface area contributed by atoms with Gasteiger partial charge in [-0.25, -0.2) is 0 Å². The number of nitrogens with one attached hydrogen (secondary N) is 1. The normalized spacial score (nSPS) is 26.9. The number of hydrogen-bond acceptors (Lipinski definition) is 2. The van der Waals surface area contributed by atoms with Crippen LogP contribution in [0.2, 0.25) is 0 Å². The van der Waals surface area contributed by atoms with Crippen molar-refractivity contribution in [2.45, 2.75) is 37.6 Å². The van der Waals surface area contributed by atoms with E-state index < -0.39 is 0 Å². The highest BCUT2D eigenvalue weighted by molar-refractivity contribution is 9.10. The SMILES string of the molecule is CC1CC(NC(C)c2ccccc2Br)CS1. The molecule has 0 amide bonds. The van der Waals surface area contributed by atoms with Gasteiger partial charge < -0.3 is 5.32 Å². The fourth-order valence-electron chi connectivity index (χ4n) is 2.20. The molecule has 0 bridgehead atoms. The van der Waals surface area contributed by atoms with Gasteiger partial charge in [0.1, 0.15) is 0 Å². The minimum atomic E-state index is 0.423. The molecule has 0 saturated carbocycles. The summed E-state index contributed by atoms with van der Waals surface area (Å²) in [7, 11) is 0. The molecule has 1 saturated heterocycles. The van der Waals surface area contributed by atoms with Gasteiger partial charge in [-0.15, -0.1) is 0 Å². The fraction of sp³-hybridized carbons (Fsp3) is 0.538. The lowest BCUT2D eigenvalue weighted by Gasteiger charge is -2.20. The van der Waals surface area contributed by atoms with Crippen molar-refractivity contribution in [1.82, 2.24) is 5.32 Å². The molecule has 88 valence electrons. The number of rotatable bonds is 3. The molecule has 1 aliphatic rings. The second-order valence-electron chi connectivity index (χ2n) is 4.49. The van der Waals surface area contributed by atoms with E-state index in [0.717, 1.165) is 5.25 Å². The van der Waals surface area contributed by atoms with Crippen LogP contribution in [0.1, 0.15) is 31.9 Å². The van der Waals surface area contributed by atoms with Crippen LogP contribution in [-0.2, 0) is 0 Å². The van der Waals surface area contributed by atoms with E-state index in [-0.39, 0.29) is 0 Å². The van der Waals surface area contributed by atoms with Gasteiger partial charge in [0.05, 0.1) is 0 Å². The Bertz CT molecular complexity index is 356. The summed E-state index contributed by atoms with van der Waals surface area (Å²) in [6.45, 7) is 4.56. The average molecular weight is 300 g/mol. The molecular formula is C13H18BrNS. The molecule has 1 aromatic carbocycles. The average Bonchev–Trinajstić information content (AvgIpc) is 2.64. The molecule has 1 aliphatic heterocycles. The lowest BCUT2D eigenvalue weighted by atomic mass is 10.1. The van der Waals surface area contributed by atoms with Crippen molar-refractivity contribution in [2.24, 2.45) is 0 Å². The van der Waals surface area contributed by atoms with E-state index >= 15 is 0 Å². The summed E-state index contributed by atoms with van der Waals surface area (Å²) in [6.07, 6.45) is 1.29. The Kier molecular flexibility index (Phi) is 4.34. The molecule has 0 aliphatic carbocycles. The van der Waals surface area contributed by atoms with E-state index in [0.29, 0.717) is 12.1 Å². The molecule has 3 atom stereocenters. The molecule has 0 aromatic heterocycles. The van der Waals surface area contributed by atoms with Crippen LogP contribution in [0.5, 0.6) is 0 Å². The largest absolute Gasteiger partial charge is 0.307 e. The summed E-state index contributed by atoms with van der Waals surface area (Å²) in [6, 6.07) is 9.55. The smallest absolute Gasteiger partial charge is 0.0305 e. The highest BCUT2D eigenvalue weighted by atomic mass is 79.9. The first-order valence-corrected chi connectivity index (χ1v) is 7.63. The van der Waals surface area contributed by atoms with Gasteiger partial charge in [0.15, 0.2) is 0 Å². The summed E-state index contributed by atoms with van der Waals surface area (Å²) in [5.74, 6) is 1.25. The summed E-state index contributed by atoms with van der Waals surface area (Å²) >= 11 is 5.69. The van der Waals surface area contributed by atoms with E-state index in [1.165, 1.54) is 22.2 Å². The lowest BCUT2D eigenvalue weighted by molar-refractivity contribution is 0.473. The van der Waals surface area contributed by atoms with E-state index in [1.807, 2.05) is 0 Å². The second kappa shape index (κ2) is 5.56. The third-order valence-electron chi connectivity index (χ3n) is 3.06. The molecule has 1 N–H and O–H groups in total. The van der Waals surface area contributed by atoms with Gasteiger partial charge in [-0.05, 0) is 25.0 Å². The predicted molar refractivity (Wildman–Crippen MR) is 76.0 cm³/mol. The summed E-state index contributed by atoms with van der Waals surface area (Å²) in [5, 5.41) is 4.52. The van der Waals surface area contributed by atoms with E-state index in [4.69, 9.17) is 0 Å². The van der Waals surface area contributed by atoms with Crippen LogP contribution in [0.25, 0.3) is 0 Å². The van der Waals surface area contributed by atoms with Crippen LogP contribution in [0.4, 0.5) is 0 Å². The minimum absolute atomic E-state index is 0.423. The van der Waals surface area contributed by atoms with E-state index in [9.17, 15) is 0 Å². The second-order valence-corrected chi connectivity index (χ2v) is 6.81. The summed E-state index contributed by atoms with van der Waals surface area (Å²) in [5.41, 5.74) is 1.35. The predicted octanol–water partition coefficient (Wildman–Crippen LogP) is 3.99. The number of halogens is 1. The lowest BCUT2D eigenvalue weighted by Crippen LogP contribution is -2.31. The highest BCUT2D eigenvalue weighted by Gasteiger charge is 2.23. The summed E-state index contributed by atoms with van der Waals surface area (Å²) in [4.78, 5) is 0. The van der Waals surface area contributed by atoms with Crippen LogP contribution >= 0.6 is 27.7 Å². The van der Waals surface area contributed by atoms with Gasteiger partial charge in [0.25, 0.3) is 0 Å². The Morgan fingerprint density at radius 2 is 2.19 bits per heavy atom. The third kappa shape index (κ3) is 3.02. The molecule has 0 spiro atoms. The van der Waals surface area contributed by atoms with Crippen molar-refractivity contribution in [1.29, 1.82) is 0 Å². The van der Waals surface area contributed by atoms with Gasteiger partial charge in [-0.3, -0.25) is 0 Å². The number of benzene rings is 1. The molecule has 1 aromatic rings. The zero-order chi connectivity index (χ0) is 11.5. The van der Waals surface area contributed by atoms with Gasteiger partial charge in [-0.2, -0.15) is 11.8 Å². The van der Waals surface area contributed by atoms with Crippen molar-refractivity contribution < 1.29 is 0 Å². The minimum Gasteiger partial charge on any atom is -0.307 e. The van der Waals surface area contributed by atoms with Crippen LogP contribution in [0.3, 0.4) is 0 Å². The maximum atomic E-state index is 3.72. The van der Waals surface area contributed by atoms with Gasteiger partial charge in [0, 0.05) is 27.6 Å². The van der Waals surface area contributed by atoms with Crippen molar-refractivity contribution in [3.05, 3.63) is 34.3 Å². The van der Waals surface area contributed by atoms with Crippen LogP contribution < -0.4 is 5.32 Å². The van der Waals surface area contributed by atoms with E-state index in [2.05, 4.69) is 71.1 Å². The van der Waals surface area contributed by atoms with Gasteiger partial charge >= 0.3 is 0 Å². The molecule has 1 heterocycles. The Morgan fingerprint density at radius 3 is 2.81 bits per heavy atom. The Labute approximate surface area is 111 Å². The molecule has 2 rings (SSSR count). The Hall–Kier alpha value is 0.01000. The van der Waals surface area contributed by atoms with Crippen LogP contribution in [0, 0.1) is 0 Å². The monoisotopic (exact) mass is 299 g/mol. The van der Waals surface area contributed by atoms with E-state index in [1.54, 1.807) is 0 Å². The molecule has 1 nitrogen and oxygen atoms in total. The first-order chi connectivity index (χ1) is 7.66. The zero-order valence-electron chi connectivity index (χ0n) is 9.74. The fourth-order valence-corrected chi connectivity index (χ4v) is 3.99. The highest BCUT2D eigenvalue weighted by Crippen LogP contribution is 2.29. The molecular weight excluding hydrogens is 282 g/mol. The zero-order valence-corrected chi connectivity index (χ0v) is 12.1. The van der Waals surface area contributed by atoms with Crippen molar-refractivity contribution in [3.8, 4) is 0 Å². The maximum Gasteiger partial charge on any atom is 0.0305 e. The van der Waals surface area contributed by atoms with Crippen molar-refractivity contribution >= 4 is 27.7 Å². The summed E-state index contributed by atoms with van der Waals surface area (Å²) < 4.78 is 1.20. The maximum absolute atomic E-state index is 3.72. The first-order valence-electron chi connectivity index (χ1n) is 5.79. The van der Waals surface area contributed by atoms with Gasteiger partial charge in [0.2, 0.25) is 0 Å². The van der Waals surface area contributed by atoms with Crippen LogP contribution in [-0.4, -0.2) is 17.0 Å². The topological polar surface area (TPSA) is 12.0 Å². The van der Waals surface area contributed by atoms with Crippen molar-refractivity contribution in [3.63, 3.8) is 0 Å². The molecule has 3 unspecified atom stereocenters. The standard InChI is InChI=1S/C13H18BrNS/c1-9-7-11(8-16-9)15-10(2)12-5-3-4-6-13(12)14/h3-6,9-11,15H,7-8H2,1-2H3. The van der Waals surface area contributed by atoms with Gasteiger partial charge in [-0.1, -0.05) is 41.1 Å². The number of hydrogen-bond donors (Lipinski definition) is 1. The Morgan fingerprint density at radius 1 is 1.44 bits per heavy atom.